The van der Waals surface area contributed by atoms with Crippen LogP contribution < -0.4 is 4.74 Å². The summed E-state index contributed by atoms with van der Waals surface area (Å²) in [7, 11) is 0. The molecule has 1 heterocycles. The number of nitrogens with zero attached hydrogens (tertiary/aromatic N) is 1. The summed E-state index contributed by atoms with van der Waals surface area (Å²) < 4.78 is 5.83. The van der Waals surface area contributed by atoms with E-state index < -0.39 is 5.97 Å². The Kier molecular flexibility index (Phi) is 5.96. The van der Waals surface area contributed by atoms with Crippen LogP contribution in [-0.2, 0) is 11.4 Å². The summed E-state index contributed by atoms with van der Waals surface area (Å²) in [5.41, 5.74) is 1.55. The van der Waals surface area contributed by atoms with E-state index in [0.717, 1.165) is 16.7 Å². The molecule has 0 aromatic heterocycles. The second kappa shape index (κ2) is 8.58. The Bertz CT molecular complexity index is 982. The van der Waals surface area contributed by atoms with E-state index in [-0.39, 0.29) is 29.9 Å². The van der Waals surface area contributed by atoms with Crippen LogP contribution in [0.1, 0.15) is 21.5 Å². The van der Waals surface area contributed by atoms with Crippen molar-refractivity contribution in [3.05, 3.63) is 82.8 Å². The third kappa shape index (κ3) is 4.32. The number of aromatic carboxylic acids is 1. The lowest BCUT2D eigenvalue weighted by Crippen LogP contribution is -2.27. The van der Waals surface area contributed by atoms with Crippen LogP contribution in [0.5, 0.6) is 5.75 Å². The van der Waals surface area contributed by atoms with Crippen molar-refractivity contribution >= 4 is 35.0 Å². The lowest BCUT2D eigenvalue weighted by atomic mass is 10.1. The third-order valence-electron chi connectivity index (χ3n) is 3.96. The maximum absolute atomic E-state index is 12.4. The minimum atomic E-state index is -1.00. The number of rotatable bonds is 7. The molecule has 0 atom stereocenters. The van der Waals surface area contributed by atoms with E-state index in [1.54, 1.807) is 48.5 Å². The van der Waals surface area contributed by atoms with Gasteiger partial charge in [0.05, 0.1) is 10.5 Å². The molecule has 3 rings (SSSR count). The van der Waals surface area contributed by atoms with Crippen molar-refractivity contribution in [2.45, 2.75) is 6.61 Å². The number of benzene rings is 2. The molecule has 142 valence electrons. The van der Waals surface area contributed by atoms with Crippen molar-refractivity contribution in [1.29, 1.82) is 0 Å². The highest BCUT2D eigenvalue weighted by atomic mass is 32.2. The summed E-state index contributed by atoms with van der Waals surface area (Å²) in [6.45, 7) is 3.89. The Hall–Kier alpha value is -3.32. The topological polar surface area (TPSA) is 83.9 Å². The molecule has 0 bridgehead atoms. The van der Waals surface area contributed by atoms with Crippen LogP contribution in [0.3, 0.4) is 0 Å². The van der Waals surface area contributed by atoms with Gasteiger partial charge in [0.25, 0.3) is 11.1 Å². The summed E-state index contributed by atoms with van der Waals surface area (Å²) in [5, 5.41) is 8.75. The number of carbonyl (C=O) groups excluding carboxylic acids is 2. The normalized spacial score (nSPS) is 15.1. The van der Waals surface area contributed by atoms with E-state index in [1.165, 1.54) is 12.1 Å². The van der Waals surface area contributed by atoms with E-state index in [2.05, 4.69) is 6.58 Å². The van der Waals surface area contributed by atoms with E-state index in [0.29, 0.717) is 21.8 Å². The van der Waals surface area contributed by atoms with Gasteiger partial charge in [-0.05, 0) is 41.6 Å². The van der Waals surface area contributed by atoms with Gasteiger partial charge in [0.15, 0.2) is 0 Å². The van der Waals surface area contributed by atoms with Gasteiger partial charge in [0.2, 0.25) is 0 Å². The Morgan fingerprint density at radius 2 is 1.96 bits per heavy atom. The summed E-state index contributed by atoms with van der Waals surface area (Å²) in [5.74, 6) is -0.838. The number of imide groups is 1. The number of carboxylic acid groups (broad SMARTS) is 1. The predicted molar refractivity (Wildman–Crippen MR) is 107 cm³/mol. The van der Waals surface area contributed by atoms with E-state index in [1.807, 2.05) is 0 Å². The lowest BCUT2D eigenvalue weighted by Gasteiger charge is -2.10. The first-order chi connectivity index (χ1) is 13.5. The zero-order valence-corrected chi connectivity index (χ0v) is 15.6. The molecular weight excluding hydrogens is 378 g/mol. The molecular formula is C21H17NO5S. The first-order valence-electron chi connectivity index (χ1n) is 8.40. The van der Waals surface area contributed by atoms with Gasteiger partial charge in [0.1, 0.15) is 12.4 Å². The lowest BCUT2D eigenvalue weighted by molar-refractivity contribution is -0.122. The minimum absolute atomic E-state index is 0.167. The fraction of sp³-hybridized carbons (Fsp3) is 0.0952. The number of hydrogen-bond acceptors (Lipinski definition) is 5. The molecule has 2 aromatic rings. The van der Waals surface area contributed by atoms with Crippen LogP contribution in [0.4, 0.5) is 4.79 Å². The summed E-state index contributed by atoms with van der Waals surface area (Å²) in [6.07, 6.45) is 3.12. The van der Waals surface area contributed by atoms with E-state index >= 15 is 0 Å². The van der Waals surface area contributed by atoms with Gasteiger partial charge in [-0.25, -0.2) is 4.79 Å². The maximum Gasteiger partial charge on any atom is 0.335 e. The number of amides is 2. The second-order valence-corrected chi connectivity index (χ2v) is 6.91. The molecule has 7 heteroatoms. The molecule has 28 heavy (non-hydrogen) atoms. The third-order valence-corrected chi connectivity index (χ3v) is 4.87. The van der Waals surface area contributed by atoms with Gasteiger partial charge in [-0.2, -0.15) is 0 Å². The molecule has 0 radical (unpaired) electrons. The molecule has 6 nitrogen and oxygen atoms in total. The van der Waals surface area contributed by atoms with Crippen molar-refractivity contribution < 1.29 is 24.2 Å². The van der Waals surface area contributed by atoms with Crippen molar-refractivity contribution in [2.24, 2.45) is 0 Å². The Morgan fingerprint density at radius 1 is 1.18 bits per heavy atom. The summed E-state index contributed by atoms with van der Waals surface area (Å²) >= 11 is 0.875. The minimum Gasteiger partial charge on any atom is -0.488 e. The molecule has 0 aliphatic carbocycles. The molecule has 1 saturated heterocycles. The van der Waals surface area contributed by atoms with Crippen molar-refractivity contribution in [1.82, 2.24) is 4.90 Å². The Labute approximate surface area is 166 Å². The average Bonchev–Trinajstić information content (AvgIpc) is 2.95. The number of thioether (sulfide) groups is 1. The highest BCUT2D eigenvalue weighted by Gasteiger charge is 2.34. The monoisotopic (exact) mass is 395 g/mol. The number of carboxylic acids is 1. The van der Waals surface area contributed by atoms with Crippen LogP contribution in [0.2, 0.25) is 0 Å². The van der Waals surface area contributed by atoms with Gasteiger partial charge >= 0.3 is 5.97 Å². The first-order valence-corrected chi connectivity index (χ1v) is 9.21. The van der Waals surface area contributed by atoms with E-state index in [9.17, 15) is 14.4 Å². The molecule has 2 aromatic carbocycles. The zero-order chi connectivity index (χ0) is 20.1. The second-order valence-electron chi connectivity index (χ2n) is 5.91. The summed E-state index contributed by atoms with van der Waals surface area (Å²) in [4.78, 5) is 36.9. The van der Waals surface area contributed by atoms with Crippen molar-refractivity contribution in [2.75, 3.05) is 6.54 Å². The van der Waals surface area contributed by atoms with Crippen molar-refractivity contribution in [3.63, 3.8) is 0 Å². The van der Waals surface area contributed by atoms with Gasteiger partial charge in [0, 0.05) is 12.1 Å². The average molecular weight is 395 g/mol. The van der Waals surface area contributed by atoms with Gasteiger partial charge in [-0.3, -0.25) is 14.5 Å². The Morgan fingerprint density at radius 3 is 2.71 bits per heavy atom. The Balaban J connectivity index is 1.80. The van der Waals surface area contributed by atoms with Crippen LogP contribution in [0, 0.1) is 0 Å². The van der Waals surface area contributed by atoms with Gasteiger partial charge in [-0.1, -0.05) is 36.4 Å². The largest absolute Gasteiger partial charge is 0.488 e. The number of carbonyl (C=O) groups is 3. The molecule has 1 aliphatic heterocycles. The molecule has 1 N–H and O–H groups in total. The van der Waals surface area contributed by atoms with Crippen LogP contribution in [0.25, 0.3) is 6.08 Å². The maximum atomic E-state index is 12.4. The quantitative estimate of drug-likeness (QED) is 0.559. The molecule has 0 unspecified atom stereocenters. The standard InChI is InChI=1S/C21H17NO5S/c1-2-10-22-19(23)18(28-21(22)26)12-15-7-3-4-9-17(15)27-13-14-6-5-8-16(11-14)20(24)25/h2-9,11-12H,1,10,13H2,(H,24,25). The molecule has 0 spiro atoms. The van der Waals surface area contributed by atoms with Crippen molar-refractivity contribution in [3.8, 4) is 5.75 Å². The van der Waals surface area contributed by atoms with Gasteiger partial charge in [-0.15, -0.1) is 6.58 Å². The smallest absolute Gasteiger partial charge is 0.335 e. The molecule has 2 amide bonds. The fourth-order valence-corrected chi connectivity index (χ4v) is 3.45. The summed E-state index contributed by atoms with van der Waals surface area (Å²) in [6, 6.07) is 13.6. The highest BCUT2D eigenvalue weighted by Crippen LogP contribution is 2.34. The highest BCUT2D eigenvalue weighted by molar-refractivity contribution is 8.18. The first kappa shape index (κ1) is 19.4. The van der Waals surface area contributed by atoms with Gasteiger partial charge < -0.3 is 9.84 Å². The fourth-order valence-electron chi connectivity index (χ4n) is 2.61. The number of hydrogen-bond donors (Lipinski definition) is 1. The zero-order valence-electron chi connectivity index (χ0n) is 14.8. The molecule has 0 saturated carbocycles. The van der Waals surface area contributed by atoms with Crippen LogP contribution in [0.15, 0.2) is 66.1 Å². The van der Waals surface area contributed by atoms with Crippen LogP contribution in [-0.4, -0.2) is 33.7 Å². The number of ether oxygens (including phenoxy) is 1. The van der Waals surface area contributed by atoms with E-state index in [4.69, 9.17) is 9.84 Å². The van der Waals surface area contributed by atoms with Crippen LogP contribution >= 0.6 is 11.8 Å². The predicted octanol–water partition coefficient (Wildman–Crippen LogP) is 4.19. The molecule has 1 fully saturated rings. The number of para-hydroxylation sites is 1. The molecule has 1 aliphatic rings. The SMILES string of the molecule is C=CCN1C(=O)SC(=Cc2ccccc2OCc2cccc(C(=O)O)c2)C1=O.